The molecule has 0 saturated heterocycles. The van der Waals surface area contributed by atoms with Crippen molar-refractivity contribution in [1.29, 1.82) is 0 Å². The van der Waals surface area contributed by atoms with Gasteiger partial charge in [0.05, 0.1) is 0 Å². The molecule has 0 fully saturated rings. The van der Waals surface area contributed by atoms with Crippen molar-refractivity contribution < 1.29 is 27.9 Å². The Labute approximate surface area is 160 Å². The Morgan fingerprint density at radius 1 is 1.25 bits per heavy atom. The minimum Gasteiger partial charge on any atom is -0.490 e. The molecule has 1 atom stereocenters. The maximum absolute atomic E-state index is 13.5. The van der Waals surface area contributed by atoms with Gasteiger partial charge in [0.15, 0.2) is 23.9 Å². The molecule has 0 N–H and O–H groups in total. The molecule has 0 radical (unpaired) electrons. The molecule has 3 aromatic rings. The first-order valence-corrected chi connectivity index (χ1v) is 8.87. The highest BCUT2D eigenvalue weighted by atomic mass is 19.1. The van der Waals surface area contributed by atoms with Gasteiger partial charge in [-0.25, -0.2) is 9.18 Å². The molecule has 0 bridgehead atoms. The molecule has 2 heterocycles. The summed E-state index contributed by atoms with van der Waals surface area (Å²) >= 11 is 0. The summed E-state index contributed by atoms with van der Waals surface area (Å²) in [4.78, 5) is 11.8. The van der Waals surface area contributed by atoms with E-state index in [0.717, 1.165) is 23.3 Å². The van der Waals surface area contributed by atoms with Crippen LogP contribution in [-0.4, -0.2) is 23.8 Å². The fraction of sp³-hybridized carbons (Fsp3) is 0.238. The van der Waals surface area contributed by atoms with Crippen molar-refractivity contribution in [2.24, 2.45) is 0 Å². The molecule has 6 nitrogen and oxygen atoms in total. The lowest BCUT2D eigenvalue weighted by Crippen LogP contribution is -2.15. The van der Waals surface area contributed by atoms with Gasteiger partial charge in [-0.1, -0.05) is 17.3 Å². The summed E-state index contributed by atoms with van der Waals surface area (Å²) < 4.78 is 34.7. The van der Waals surface area contributed by atoms with Crippen molar-refractivity contribution in [2.45, 2.75) is 26.1 Å². The smallest absolute Gasteiger partial charge is 0.344 e. The third-order valence-corrected chi connectivity index (χ3v) is 4.30. The topological polar surface area (TPSA) is 70.8 Å². The molecule has 0 aliphatic carbocycles. The van der Waals surface area contributed by atoms with Gasteiger partial charge in [0, 0.05) is 18.1 Å². The Balaban J connectivity index is 1.32. The number of carbonyl (C=O) groups is 1. The van der Waals surface area contributed by atoms with Gasteiger partial charge in [0.2, 0.25) is 0 Å². The minimum atomic E-state index is -0.628. The molecular weight excluding hydrogens is 365 g/mol. The zero-order chi connectivity index (χ0) is 19.5. The van der Waals surface area contributed by atoms with Gasteiger partial charge in [-0.2, -0.15) is 0 Å². The lowest BCUT2D eigenvalue weighted by molar-refractivity contribution is -0.147. The van der Waals surface area contributed by atoms with Gasteiger partial charge in [-0.15, -0.1) is 0 Å². The number of carbonyl (C=O) groups excluding carboxylic acids is 1. The third-order valence-electron chi connectivity index (χ3n) is 4.30. The zero-order valence-electron chi connectivity index (χ0n) is 15.2. The highest BCUT2D eigenvalue weighted by molar-refractivity contribution is 5.71. The molecule has 0 spiro atoms. The van der Waals surface area contributed by atoms with E-state index in [2.05, 4.69) is 5.16 Å². The van der Waals surface area contributed by atoms with Gasteiger partial charge in [-0.3, -0.25) is 0 Å². The van der Waals surface area contributed by atoms with Crippen LogP contribution in [0.25, 0.3) is 11.3 Å². The zero-order valence-corrected chi connectivity index (χ0v) is 15.2. The van der Waals surface area contributed by atoms with Crippen molar-refractivity contribution in [3.05, 3.63) is 65.6 Å². The predicted octanol–water partition coefficient (Wildman–Crippen LogP) is 3.93. The first kappa shape index (κ1) is 18.0. The molecule has 1 aliphatic heterocycles. The molecule has 28 heavy (non-hydrogen) atoms. The van der Waals surface area contributed by atoms with E-state index >= 15 is 0 Å². The first-order chi connectivity index (χ1) is 13.6. The fourth-order valence-corrected chi connectivity index (χ4v) is 2.99. The summed E-state index contributed by atoms with van der Waals surface area (Å²) in [6, 6.07) is 13.4. The van der Waals surface area contributed by atoms with Crippen LogP contribution >= 0.6 is 0 Å². The summed E-state index contributed by atoms with van der Waals surface area (Å²) in [5.41, 5.74) is 2.48. The van der Waals surface area contributed by atoms with Crippen molar-refractivity contribution in [2.75, 3.05) is 6.61 Å². The number of aromatic nitrogens is 1. The van der Waals surface area contributed by atoms with Crippen molar-refractivity contribution >= 4 is 5.97 Å². The summed E-state index contributed by atoms with van der Waals surface area (Å²) in [5, 5.41) is 3.92. The number of benzene rings is 2. The van der Waals surface area contributed by atoms with Crippen LogP contribution in [0.1, 0.15) is 18.2 Å². The van der Waals surface area contributed by atoms with E-state index in [1.54, 1.807) is 12.1 Å². The minimum absolute atomic E-state index is 0.00178. The summed E-state index contributed by atoms with van der Waals surface area (Å²) in [5.74, 6) is 0.302. The standard InChI is InChI=1S/C21H18FNO5/c1-13-8-15-9-14(6-7-18(15)27-13)20-10-16(23-28-20)11-26-21(24)12-25-19-5-3-2-4-17(19)22/h2-7,9-10,13H,8,11-12H2,1H3. The largest absolute Gasteiger partial charge is 0.490 e. The van der Waals surface area contributed by atoms with Crippen molar-refractivity contribution in [3.63, 3.8) is 0 Å². The summed E-state index contributed by atoms with van der Waals surface area (Å²) in [6.45, 7) is 1.57. The Morgan fingerprint density at radius 2 is 2.11 bits per heavy atom. The normalized spacial score (nSPS) is 15.0. The second kappa shape index (κ2) is 7.72. The SMILES string of the molecule is CC1Cc2cc(-c3cc(COC(=O)COc4ccccc4F)no3)ccc2O1. The van der Waals surface area contributed by atoms with Gasteiger partial charge in [-0.05, 0) is 42.8 Å². The van der Waals surface area contributed by atoms with E-state index < -0.39 is 18.4 Å². The highest BCUT2D eigenvalue weighted by Crippen LogP contribution is 2.33. The van der Waals surface area contributed by atoms with Crippen LogP contribution in [0.5, 0.6) is 11.5 Å². The second-order valence-corrected chi connectivity index (χ2v) is 6.52. The number of para-hydroxylation sites is 1. The third kappa shape index (κ3) is 3.98. The average Bonchev–Trinajstić information content (AvgIpc) is 3.30. The molecule has 144 valence electrons. The van der Waals surface area contributed by atoms with E-state index in [9.17, 15) is 9.18 Å². The van der Waals surface area contributed by atoms with Crippen LogP contribution in [0.3, 0.4) is 0 Å². The molecule has 2 aromatic carbocycles. The van der Waals surface area contributed by atoms with Gasteiger partial charge in [0.25, 0.3) is 0 Å². The first-order valence-electron chi connectivity index (χ1n) is 8.87. The Kier molecular flexibility index (Phi) is 4.97. The number of ether oxygens (including phenoxy) is 3. The molecule has 1 aromatic heterocycles. The van der Waals surface area contributed by atoms with Crippen LogP contribution in [0, 0.1) is 5.82 Å². The van der Waals surface area contributed by atoms with Gasteiger partial charge in [0.1, 0.15) is 24.2 Å². The average molecular weight is 383 g/mol. The Hall–Kier alpha value is -3.35. The van der Waals surface area contributed by atoms with Crippen molar-refractivity contribution in [3.8, 4) is 22.8 Å². The number of rotatable bonds is 6. The van der Waals surface area contributed by atoms with Crippen LogP contribution < -0.4 is 9.47 Å². The van der Waals surface area contributed by atoms with Crippen LogP contribution in [0.15, 0.2) is 53.1 Å². The fourth-order valence-electron chi connectivity index (χ4n) is 2.99. The van der Waals surface area contributed by atoms with Crippen LogP contribution in [0.2, 0.25) is 0 Å². The maximum Gasteiger partial charge on any atom is 0.344 e. The van der Waals surface area contributed by atoms with E-state index in [1.807, 2.05) is 25.1 Å². The summed E-state index contributed by atoms with van der Waals surface area (Å²) in [6.07, 6.45) is 1.02. The number of halogens is 1. The lowest BCUT2D eigenvalue weighted by atomic mass is 10.1. The van der Waals surface area contributed by atoms with Crippen LogP contribution in [-0.2, 0) is 22.6 Å². The number of fused-ring (bicyclic) bond motifs is 1. The van der Waals surface area contributed by atoms with Crippen molar-refractivity contribution in [1.82, 2.24) is 5.16 Å². The van der Waals surface area contributed by atoms with E-state index in [-0.39, 0.29) is 18.5 Å². The van der Waals surface area contributed by atoms with Gasteiger partial charge < -0.3 is 18.7 Å². The lowest BCUT2D eigenvalue weighted by Gasteiger charge is -2.06. The highest BCUT2D eigenvalue weighted by Gasteiger charge is 2.20. The van der Waals surface area contributed by atoms with E-state index in [1.165, 1.54) is 18.2 Å². The monoisotopic (exact) mass is 383 g/mol. The number of hydrogen-bond donors (Lipinski definition) is 0. The molecule has 1 unspecified atom stereocenters. The second-order valence-electron chi connectivity index (χ2n) is 6.52. The number of hydrogen-bond acceptors (Lipinski definition) is 6. The molecule has 7 heteroatoms. The Bertz CT molecular complexity index is 1000. The van der Waals surface area contributed by atoms with E-state index in [0.29, 0.717) is 11.5 Å². The van der Waals surface area contributed by atoms with E-state index in [4.69, 9.17) is 18.7 Å². The Morgan fingerprint density at radius 3 is 2.96 bits per heavy atom. The molecule has 0 amide bonds. The van der Waals surface area contributed by atoms with Gasteiger partial charge >= 0.3 is 5.97 Å². The predicted molar refractivity (Wildman–Crippen MR) is 97.4 cm³/mol. The maximum atomic E-state index is 13.5. The summed E-state index contributed by atoms with van der Waals surface area (Å²) in [7, 11) is 0. The molecule has 4 rings (SSSR count). The molecule has 0 saturated carbocycles. The molecular formula is C21H18FNO5. The number of nitrogens with zero attached hydrogens (tertiary/aromatic N) is 1. The molecule has 1 aliphatic rings. The number of esters is 1. The quantitative estimate of drug-likeness (QED) is 0.601. The van der Waals surface area contributed by atoms with Crippen LogP contribution in [0.4, 0.5) is 4.39 Å².